The first kappa shape index (κ1) is 19.7. The summed E-state index contributed by atoms with van der Waals surface area (Å²) in [7, 11) is 0. The predicted octanol–water partition coefficient (Wildman–Crippen LogP) is 3.90. The topological polar surface area (TPSA) is 107 Å². The minimum absolute atomic E-state index is 0.0638. The van der Waals surface area contributed by atoms with Gasteiger partial charge in [-0.1, -0.05) is 41.3 Å². The van der Waals surface area contributed by atoms with Crippen LogP contribution in [0.2, 0.25) is 0 Å². The zero-order chi connectivity index (χ0) is 19.9. The molecule has 0 aliphatic rings. The third kappa shape index (κ3) is 5.47. The Kier molecular flexibility index (Phi) is 6.50. The molecule has 8 nitrogen and oxygen atoms in total. The Morgan fingerprint density at radius 1 is 1.21 bits per heavy atom. The molecule has 0 bridgehead atoms. The van der Waals surface area contributed by atoms with Gasteiger partial charge in [-0.3, -0.25) is 20.2 Å². The van der Waals surface area contributed by atoms with Gasteiger partial charge in [-0.25, -0.2) is 4.39 Å². The van der Waals surface area contributed by atoms with Gasteiger partial charge in [0.2, 0.25) is 5.13 Å². The van der Waals surface area contributed by atoms with E-state index in [1.165, 1.54) is 53.4 Å². The lowest BCUT2D eigenvalue weighted by molar-refractivity contribution is -0.384. The van der Waals surface area contributed by atoms with Crippen LogP contribution in [-0.2, 0) is 10.5 Å². The van der Waals surface area contributed by atoms with E-state index in [1.807, 2.05) is 0 Å². The van der Waals surface area contributed by atoms with Gasteiger partial charge < -0.3 is 4.74 Å². The molecule has 0 unspecified atom stereocenters. The summed E-state index contributed by atoms with van der Waals surface area (Å²) in [5, 5.41) is 21.3. The lowest BCUT2D eigenvalue weighted by atomic mass is 10.2. The summed E-state index contributed by atoms with van der Waals surface area (Å²) in [6, 6.07) is 11.9. The van der Waals surface area contributed by atoms with Crippen LogP contribution in [0.25, 0.3) is 0 Å². The van der Waals surface area contributed by atoms with Crippen LogP contribution in [0, 0.1) is 15.9 Å². The molecule has 11 heteroatoms. The molecule has 1 heterocycles. The van der Waals surface area contributed by atoms with Gasteiger partial charge in [-0.15, -0.1) is 10.2 Å². The first-order valence-corrected chi connectivity index (χ1v) is 9.68. The molecule has 0 radical (unpaired) electrons. The number of nitrogens with zero attached hydrogens (tertiary/aromatic N) is 3. The Morgan fingerprint density at radius 3 is 2.68 bits per heavy atom. The molecule has 0 atom stereocenters. The van der Waals surface area contributed by atoms with Crippen LogP contribution in [0.4, 0.5) is 15.2 Å². The van der Waals surface area contributed by atoms with Gasteiger partial charge in [-0.2, -0.15) is 0 Å². The van der Waals surface area contributed by atoms with Crippen LogP contribution in [0.1, 0.15) is 5.56 Å². The Labute approximate surface area is 166 Å². The monoisotopic (exact) mass is 420 g/mol. The van der Waals surface area contributed by atoms with E-state index in [2.05, 4.69) is 15.5 Å². The number of carbonyl (C=O) groups is 1. The number of nitro benzene ring substituents is 1. The van der Waals surface area contributed by atoms with Crippen molar-refractivity contribution in [3.05, 3.63) is 70.0 Å². The smallest absolute Gasteiger partial charge is 0.269 e. The quantitative estimate of drug-likeness (QED) is 0.255. The van der Waals surface area contributed by atoms with Crippen molar-refractivity contribution in [2.24, 2.45) is 0 Å². The number of non-ortho nitro benzene ring substituents is 1. The highest BCUT2D eigenvalue weighted by Gasteiger charge is 2.11. The lowest BCUT2D eigenvalue weighted by Crippen LogP contribution is -2.20. The van der Waals surface area contributed by atoms with Gasteiger partial charge in [0.1, 0.15) is 11.6 Å². The summed E-state index contributed by atoms with van der Waals surface area (Å²) in [5.41, 5.74) is 0.496. The fourth-order valence-electron chi connectivity index (χ4n) is 2.04. The normalized spacial score (nSPS) is 10.5. The van der Waals surface area contributed by atoms with E-state index >= 15 is 0 Å². The second-order valence-corrected chi connectivity index (χ2v) is 7.54. The van der Waals surface area contributed by atoms with Crippen molar-refractivity contribution >= 4 is 39.8 Å². The number of anilines is 1. The fraction of sp³-hybridized carbons (Fsp3) is 0.118. The molecule has 0 saturated carbocycles. The minimum Gasteiger partial charge on any atom is -0.484 e. The SMILES string of the molecule is O=C(COc1ccc([N+](=O)[O-])cc1)Nc1nnc(SCc2ccccc2F)s1. The molecule has 3 rings (SSSR count). The Morgan fingerprint density at radius 2 is 1.96 bits per heavy atom. The van der Waals surface area contributed by atoms with Gasteiger partial charge in [0.05, 0.1) is 4.92 Å². The molecule has 2 aromatic carbocycles. The standard InChI is InChI=1S/C17H13FN4O4S2/c18-14-4-2-1-3-11(14)10-27-17-21-20-16(28-17)19-15(23)9-26-13-7-5-12(6-8-13)22(24)25/h1-8H,9-10H2,(H,19,20,23). The predicted molar refractivity (Wildman–Crippen MR) is 103 cm³/mol. The van der Waals surface area contributed by atoms with E-state index < -0.39 is 10.8 Å². The molecule has 144 valence electrons. The highest BCUT2D eigenvalue weighted by Crippen LogP contribution is 2.29. The summed E-state index contributed by atoms with van der Waals surface area (Å²) in [4.78, 5) is 22.0. The molecular formula is C17H13FN4O4S2. The maximum Gasteiger partial charge on any atom is 0.269 e. The number of ether oxygens (including phenoxy) is 1. The van der Waals surface area contributed by atoms with E-state index in [0.717, 1.165) is 0 Å². The maximum atomic E-state index is 13.6. The van der Waals surface area contributed by atoms with Gasteiger partial charge in [0, 0.05) is 17.9 Å². The van der Waals surface area contributed by atoms with E-state index in [-0.39, 0.29) is 18.1 Å². The summed E-state index contributed by atoms with van der Waals surface area (Å²) in [6.45, 7) is -0.283. The number of nitrogens with one attached hydrogen (secondary N) is 1. The lowest BCUT2D eigenvalue weighted by Gasteiger charge is -2.05. The Balaban J connectivity index is 1.47. The minimum atomic E-state index is -0.520. The molecule has 1 aromatic heterocycles. The van der Waals surface area contributed by atoms with E-state index in [4.69, 9.17) is 4.74 Å². The molecule has 0 aliphatic heterocycles. The maximum absolute atomic E-state index is 13.6. The zero-order valence-corrected chi connectivity index (χ0v) is 15.8. The van der Waals surface area contributed by atoms with E-state index in [9.17, 15) is 19.3 Å². The second-order valence-electron chi connectivity index (χ2n) is 5.34. The summed E-state index contributed by atoms with van der Waals surface area (Å²) >= 11 is 2.49. The first-order valence-electron chi connectivity index (χ1n) is 7.88. The van der Waals surface area contributed by atoms with Crippen molar-refractivity contribution in [3.63, 3.8) is 0 Å². The number of rotatable bonds is 8. The number of thioether (sulfide) groups is 1. The van der Waals surface area contributed by atoms with Crippen LogP contribution in [0.15, 0.2) is 52.9 Å². The molecule has 1 N–H and O–H groups in total. The Hall–Kier alpha value is -3.05. The molecule has 0 spiro atoms. The number of benzene rings is 2. The van der Waals surface area contributed by atoms with Crippen molar-refractivity contribution in [2.75, 3.05) is 11.9 Å². The van der Waals surface area contributed by atoms with Crippen molar-refractivity contribution in [1.29, 1.82) is 0 Å². The third-order valence-corrected chi connectivity index (χ3v) is 5.40. The van der Waals surface area contributed by atoms with Crippen LogP contribution in [-0.4, -0.2) is 27.6 Å². The summed E-state index contributed by atoms with van der Waals surface area (Å²) < 4.78 is 19.5. The molecule has 28 heavy (non-hydrogen) atoms. The number of nitro groups is 1. The Bertz CT molecular complexity index is 981. The van der Waals surface area contributed by atoms with Crippen molar-refractivity contribution in [2.45, 2.75) is 10.1 Å². The zero-order valence-electron chi connectivity index (χ0n) is 14.2. The third-order valence-electron chi connectivity index (χ3n) is 3.38. The highest BCUT2D eigenvalue weighted by molar-refractivity contribution is 8.00. The number of halogens is 1. The molecule has 0 aliphatic carbocycles. The van der Waals surface area contributed by atoms with Crippen molar-refractivity contribution in [1.82, 2.24) is 10.2 Å². The van der Waals surface area contributed by atoms with Crippen LogP contribution in [0.3, 0.4) is 0 Å². The highest BCUT2D eigenvalue weighted by atomic mass is 32.2. The largest absolute Gasteiger partial charge is 0.484 e. The van der Waals surface area contributed by atoms with Crippen LogP contribution in [0.5, 0.6) is 5.75 Å². The van der Waals surface area contributed by atoms with Crippen LogP contribution >= 0.6 is 23.1 Å². The van der Waals surface area contributed by atoms with Gasteiger partial charge in [-0.05, 0) is 23.8 Å². The molecule has 0 saturated heterocycles. The van der Waals surface area contributed by atoms with Gasteiger partial charge >= 0.3 is 0 Å². The summed E-state index contributed by atoms with van der Waals surface area (Å²) in [6.07, 6.45) is 0. The summed E-state index contributed by atoms with van der Waals surface area (Å²) in [5.74, 6) is 0.00846. The average molecular weight is 420 g/mol. The number of aromatic nitrogens is 2. The number of amides is 1. The average Bonchev–Trinajstić information content (AvgIpc) is 3.13. The van der Waals surface area contributed by atoms with E-state index in [1.54, 1.807) is 18.2 Å². The van der Waals surface area contributed by atoms with Gasteiger partial charge in [0.25, 0.3) is 11.6 Å². The van der Waals surface area contributed by atoms with Crippen molar-refractivity contribution < 1.29 is 18.8 Å². The number of hydrogen-bond acceptors (Lipinski definition) is 8. The van der Waals surface area contributed by atoms with E-state index in [0.29, 0.717) is 26.5 Å². The fourth-order valence-corrected chi connectivity index (χ4v) is 3.80. The molecule has 3 aromatic rings. The molecular weight excluding hydrogens is 407 g/mol. The van der Waals surface area contributed by atoms with Crippen LogP contribution < -0.4 is 10.1 Å². The van der Waals surface area contributed by atoms with Gasteiger partial charge in [0.15, 0.2) is 10.9 Å². The molecule has 1 amide bonds. The first-order chi connectivity index (χ1) is 13.5. The number of hydrogen-bond donors (Lipinski definition) is 1. The van der Waals surface area contributed by atoms with Crippen molar-refractivity contribution in [3.8, 4) is 5.75 Å². The molecule has 0 fully saturated rings. The number of carbonyl (C=O) groups excluding carboxylic acids is 1. The second kappa shape index (κ2) is 9.24.